The Kier molecular flexibility index (Phi) is 4.91. The highest BCUT2D eigenvalue weighted by Gasteiger charge is 2.15. The molecule has 0 bridgehead atoms. The van der Waals surface area contributed by atoms with Crippen LogP contribution >= 0.6 is 11.6 Å². The molecule has 0 saturated carbocycles. The van der Waals surface area contributed by atoms with Crippen molar-refractivity contribution in [2.45, 2.75) is 6.61 Å². The summed E-state index contributed by atoms with van der Waals surface area (Å²) >= 11 is 6.23. The summed E-state index contributed by atoms with van der Waals surface area (Å²) in [6.07, 6.45) is 0. The van der Waals surface area contributed by atoms with E-state index in [-0.39, 0.29) is 21.9 Å². The highest BCUT2D eigenvalue weighted by atomic mass is 35.5. The molecule has 106 valence electrons. The number of nitrogens with zero attached hydrogens (tertiary/aromatic N) is 1. The SMILES string of the molecule is N#CC(=C(Cl)c1ccccc1OC(F)F)c1ccccc1. The molecule has 2 nitrogen and oxygen atoms in total. The molecule has 0 fully saturated rings. The van der Waals surface area contributed by atoms with Crippen LogP contribution in [-0.2, 0) is 0 Å². The standard InChI is InChI=1S/C16H10ClF2NO/c17-15(13(10-20)11-6-2-1-3-7-11)12-8-4-5-9-14(12)21-16(18)19/h1-9,16H. The Bertz CT molecular complexity index is 693. The number of alkyl halides is 2. The molecule has 5 heteroatoms. The molecular formula is C16H10ClF2NO. The third kappa shape index (κ3) is 3.59. The predicted molar refractivity (Wildman–Crippen MR) is 77.8 cm³/mol. The Balaban J connectivity index is 2.54. The van der Waals surface area contributed by atoms with Crippen molar-refractivity contribution >= 4 is 22.2 Å². The second-order valence-electron chi connectivity index (χ2n) is 4.04. The van der Waals surface area contributed by atoms with Crippen LogP contribution < -0.4 is 4.74 Å². The third-order valence-electron chi connectivity index (χ3n) is 2.73. The topological polar surface area (TPSA) is 33.0 Å². The maximum Gasteiger partial charge on any atom is 0.387 e. The van der Waals surface area contributed by atoms with Gasteiger partial charge in [-0.15, -0.1) is 0 Å². The van der Waals surface area contributed by atoms with Crippen molar-refractivity contribution in [1.82, 2.24) is 0 Å². The molecule has 2 rings (SSSR count). The summed E-state index contributed by atoms with van der Waals surface area (Å²) in [7, 11) is 0. The molecule has 0 heterocycles. The molecule has 0 amide bonds. The Morgan fingerprint density at radius 2 is 1.67 bits per heavy atom. The summed E-state index contributed by atoms with van der Waals surface area (Å²) in [5.41, 5.74) is 1.05. The van der Waals surface area contributed by atoms with E-state index in [1.54, 1.807) is 42.5 Å². The van der Waals surface area contributed by atoms with Gasteiger partial charge in [-0.05, 0) is 17.7 Å². The van der Waals surface area contributed by atoms with Gasteiger partial charge in [0.2, 0.25) is 0 Å². The molecule has 2 aromatic carbocycles. The Morgan fingerprint density at radius 3 is 2.29 bits per heavy atom. The summed E-state index contributed by atoms with van der Waals surface area (Å²) < 4.78 is 29.3. The highest BCUT2D eigenvalue weighted by Crippen LogP contribution is 2.35. The molecule has 0 unspecified atom stereocenters. The molecule has 21 heavy (non-hydrogen) atoms. The minimum atomic E-state index is -2.96. The van der Waals surface area contributed by atoms with Gasteiger partial charge in [-0.2, -0.15) is 14.0 Å². The number of para-hydroxylation sites is 1. The first-order chi connectivity index (χ1) is 10.1. The minimum Gasteiger partial charge on any atom is -0.434 e. The van der Waals surface area contributed by atoms with Gasteiger partial charge in [-0.25, -0.2) is 0 Å². The maximum absolute atomic E-state index is 12.4. The second kappa shape index (κ2) is 6.87. The lowest BCUT2D eigenvalue weighted by atomic mass is 10.0. The smallest absolute Gasteiger partial charge is 0.387 e. The summed E-state index contributed by atoms with van der Waals surface area (Å²) in [4.78, 5) is 0. The monoisotopic (exact) mass is 305 g/mol. The van der Waals surface area contributed by atoms with Crippen LogP contribution in [0.2, 0.25) is 0 Å². The number of halogens is 3. The molecule has 0 aromatic heterocycles. The zero-order chi connectivity index (χ0) is 15.2. The van der Waals surface area contributed by atoms with Gasteiger partial charge in [0.05, 0.1) is 10.6 Å². The third-order valence-corrected chi connectivity index (χ3v) is 3.13. The fraction of sp³-hybridized carbons (Fsp3) is 0.0625. The van der Waals surface area contributed by atoms with E-state index in [4.69, 9.17) is 11.6 Å². The van der Waals surface area contributed by atoms with E-state index >= 15 is 0 Å². The first kappa shape index (κ1) is 15.0. The van der Waals surface area contributed by atoms with Gasteiger partial charge in [0.15, 0.2) is 0 Å². The van der Waals surface area contributed by atoms with E-state index in [1.165, 1.54) is 12.1 Å². The summed E-state index contributed by atoms with van der Waals surface area (Å²) in [6, 6.07) is 16.9. The largest absolute Gasteiger partial charge is 0.434 e. The van der Waals surface area contributed by atoms with Gasteiger partial charge in [-0.3, -0.25) is 0 Å². The van der Waals surface area contributed by atoms with E-state index in [9.17, 15) is 14.0 Å². The van der Waals surface area contributed by atoms with Crippen molar-refractivity contribution in [3.8, 4) is 11.8 Å². The zero-order valence-corrected chi connectivity index (χ0v) is 11.5. The van der Waals surface area contributed by atoms with Crippen LogP contribution in [-0.4, -0.2) is 6.61 Å². The summed E-state index contributed by atoms with van der Waals surface area (Å²) in [5, 5.41) is 9.37. The van der Waals surface area contributed by atoms with Crippen LogP contribution in [0.25, 0.3) is 10.6 Å². The van der Waals surface area contributed by atoms with E-state index in [0.29, 0.717) is 5.56 Å². The quantitative estimate of drug-likeness (QED) is 0.593. The lowest BCUT2D eigenvalue weighted by Gasteiger charge is -2.11. The number of ether oxygens (including phenoxy) is 1. The normalized spacial score (nSPS) is 11.8. The summed E-state index contributed by atoms with van der Waals surface area (Å²) in [5.74, 6) is -0.0684. The maximum atomic E-state index is 12.4. The van der Waals surface area contributed by atoms with Crippen molar-refractivity contribution in [2.24, 2.45) is 0 Å². The molecule has 0 radical (unpaired) electrons. The lowest BCUT2D eigenvalue weighted by Crippen LogP contribution is -2.03. The van der Waals surface area contributed by atoms with Crippen molar-refractivity contribution in [3.05, 3.63) is 65.7 Å². The van der Waals surface area contributed by atoms with Crippen LogP contribution in [0, 0.1) is 11.3 Å². The molecule has 2 aromatic rings. The first-order valence-corrected chi connectivity index (χ1v) is 6.40. The van der Waals surface area contributed by atoms with Gasteiger partial charge in [-0.1, -0.05) is 54.1 Å². The van der Waals surface area contributed by atoms with E-state index < -0.39 is 6.61 Å². The van der Waals surface area contributed by atoms with Crippen LogP contribution in [0.1, 0.15) is 11.1 Å². The molecule has 0 spiro atoms. The number of allylic oxidation sites excluding steroid dienone is 1. The Hall–Kier alpha value is -2.38. The average molecular weight is 306 g/mol. The molecule has 0 aliphatic carbocycles. The van der Waals surface area contributed by atoms with Gasteiger partial charge >= 0.3 is 6.61 Å². The number of hydrogen-bond donors (Lipinski definition) is 0. The molecule has 0 aliphatic heterocycles. The number of rotatable bonds is 4. The Labute approximate surface area is 125 Å². The first-order valence-electron chi connectivity index (χ1n) is 6.03. The van der Waals surface area contributed by atoms with Crippen molar-refractivity contribution in [2.75, 3.05) is 0 Å². The van der Waals surface area contributed by atoms with Crippen LogP contribution in [0.4, 0.5) is 8.78 Å². The fourth-order valence-electron chi connectivity index (χ4n) is 1.83. The molecule has 0 saturated heterocycles. The van der Waals surface area contributed by atoms with Gasteiger partial charge in [0, 0.05) is 5.56 Å². The average Bonchev–Trinajstić information content (AvgIpc) is 2.49. The van der Waals surface area contributed by atoms with Gasteiger partial charge < -0.3 is 4.74 Å². The van der Waals surface area contributed by atoms with E-state index in [1.807, 2.05) is 6.07 Å². The van der Waals surface area contributed by atoms with Crippen molar-refractivity contribution in [1.29, 1.82) is 5.26 Å². The second-order valence-corrected chi connectivity index (χ2v) is 4.42. The Morgan fingerprint density at radius 1 is 1.05 bits per heavy atom. The van der Waals surface area contributed by atoms with Gasteiger partial charge in [0.1, 0.15) is 11.8 Å². The van der Waals surface area contributed by atoms with Crippen molar-refractivity contribution < 1.29 is 13.5 Å². The van der Waals surface area contributed by atoms with Crippen molar-refractivity contribution in [3.63, 3.8) is 0 Å². The number of benzene rings is 2. The number of hydrogen-bond acceptors (Lipinski definition) is 2. The molecule has 0 atom stereocenters. The van der Waals surface area contributed by atoms with Crippen LogP contribution in [0.3, 0.4) is 0 Å². The molecule has 0 aliphatic rings. The molecular weight excluding hydrogens is 296 g/mol. The molecule has 0 N–H and O–H groups in total. The highest BCUT2D eigenvalue weighted by molar-refractivity contribution is 6.53. The van der Waals surface area contributed by atoms with E-state index in [2.05, 4.69) is 4.74 Å². The van der Waals surface area contributed by atoms with Gasteiger partial charge in [0.25, 0.3) is 0 Å². The zero-order valence-electron chi connectivity index (χ0n) is 10.8. The van der Waals surface area contributed by atoms with E-state index in [0.717, 1.165) is 0 Å². The lowest BCUT2D eigenvalue weighted by molar-refractivity contribution is -0.0500. The van der Waals surface area contributed by atoms with Crippen LogP contribution in [0.15, 0.2) is 54.6 Å². The fourth-order valence-corrected chi connectivity index (χ4v) is 2.13. The predicted octanol–water partition coefficient (Wildman–Crippen LogP) is 4.92. The number of nitriles is 1. The summed E-state index contributed by atoms with van der Waals surface area (Å²) in [6.45, 7) is -2.96. The van der Waals surface area contributed by atoms with Crippen LogP contribution in [0.5, 0.6) is 5.75 Å². The minimum absolute atomic E-state index is 0.0684.